The van der Waals surface area contributed by atoms with E-state index in [1.54, 1.807) is 11.2 Å². The largest absolute Gasteiger partial charge is 0.467 e. The summed E-state index contributed by atoms with van der Waals surface area (Å²) >= 11 is 0. The number of nitrogens with two attached hydrogens (primary N) is 1. The molecule has 0 saturated heterocycles. The molecule has 2 rings (SSSR count). The van der Waals surface area contributed by atoms with Gasteiger partial charge in [0, 0.05) is 12.6 Å². The number of hydrogen-bond acceptors (Lipinski definition) is 3. The van der Waals surface area contributed by atoms with Crippen LogP contribution in [0.4, 0.5) is 0 Å². The molecule has 4 nitrogen and oxygen atoms in total. The molecule has 1 aromatic heterocycles. The Hall–Kier alpha value is -1.55. The van der Waals surface area contributed by atoms with Gasteiger partial charge in [0.2, 0.25) is 5.91 Å². The molecule has 1 aliphatic rings. The molecule has 1 aliphatic carbocycles. The Balaban J connectivity index is 1.98. The van der Waals surface area contributed by atoms with Crippen molar-refractivity contribution in [3.8, 4) is 0 Å². The molecule has 0 aromatic carbocycles. The molecule has 0 aliphatic heterocycles. The van der Waals surface area contributed by atoms with E-state index in [0.717, 1.165) is 5.76 Å². The monoisotopic (exact) mass is 234 g/mol. The molecule has 4 heteroatoms. The summed E-state index contributed by atoms with van der Waals surface area (Å²) in [6.45, 7) is 3.18. The lowest BCUT2D eigenvalue weighted by molar-refractivity contribution is -0.134. The van der Waals surface area contributed by atoms with Crippen molar-refractivity contribution in [1.29, 1.82) is 0 Å². The van der Waals surface area contributed by atoms with Crippen LogP contribution in [0.15, 0.2) is 35.0 Å². The SMILES string of the molecule is CCN(Cc1ccco1)C(=O)C1C=CC(N)C1. The zero-order chi connectivity index (χ0) is 12.3. The summed E-state index contributed by atoms with van der Waals surface area (Å²) in [4.78, 5) is 14.0. The van der Waals surface area contributed by atoms with E-state index in [1.807, 2.05) is 31.2 Å². The van der Waals surface area contributed by atoms with Crippen molar-refractivity contribution >= 4 is 5.91 Å². The maximum absolute atomic E-state index is 12.2. The number of carbonyl (C=O) groups excluding carboxylic acids is 1. The van der Waals surface area contributed by atoms with Crippen LogP contribution in [0.3, 0.4) is 0 Å². The third-order valence-corrected chi connectivity index (χ3v) is 3.05. The van der Waals surface area contributed by atoms with Gasteiger partial charge in [0.1, 0.15) is 5.76 Å². The fourth-order valence-corrected chi connectivity index (χ4v) is 2.08. The minimum Gasteiger partial charge on any atom is -0.467 e. The fraction of sp³-hybridized carbons (Fsp3) is 0.462. The van der Waals surface area contributed by atoms with Gasteiger partial charge in [-0.25, -0.2) is 0 Å². The maximum Gasteiger partial charge on any atom is 0.229 e. The molecule has 0 fully saturated rings. The van der Waals surface area contributed by atoms with E-state index in [0.29, 0.717) is 19.5 Å². The van der Waals surface area contributed by atoms with Gasteiger partial charge in [-0.05, 0) is 25.5 Å². The topological polar surface area (TPSA) is 59.5 Å². The minimum absolute atomic E-state index is 0.0197. The second-order valence-electron chi connectivity index (χ2n) is 4.32. The summed E-state index contributed by atoms with van der Waals surface area (Å²) in [6, 6.07) is 3.73. The Bertz CT molecular complexity index is 398. The highest BCUT2D eigenvalue weighted by Crippen LogP contribution is 2.20. The summed E-state index contributed by atoms with van der Waals surface area (Å²) in [5, 5.41) is 0. The van der Waals surface area contributed by atoms with Crippen molar-refractivity contribution in [2.75, 3.05) is 6.54 Å². The molecule has 2 atom stereocenters. The van der Waals surface area contributed by atoms with Gasteiger partial charge in [0.15, 0.2) is 0 Å². The zero-order valence-corrected chi connectivity index (χ0v) is 10.0. The lowest BCUT2D eigenvalue weighted by Crippen LogP contribution is -2.35. The van der Waals surface area contributed by atoms with Gasteiger partial charge in [0.05, 0.1) is 18.7 Å². The van der Waals surface area contributed by atoms with E-state index >= 15 is 0 Å². The number of hydrogen-bond donors (Lipinski definition) is 1. The first-order valence-electron chi connectivity index (χ1n) is 5.95. The molecule has 92 valence electrons. The molecule has 1 aromatic rings. The van der Waals surface area contributed by atoms with E-state index in [4.69, 9.17) is 10.2 Å². The summed E-state index contributed by atoms with van der Waals surface area (Å²) in [5.74, 6) is 0.875. The van der Waals surface area contributed by atoms with Gasteiger partial charge in [-0.15, -0.1) is 0 Å². The van der Waals surface area contributed by atoms with Crippen molar-refractivity contribution in [3.63, 3.8) is 0 Å². The Kier molecular flexibility index (Phi) is 3.64. The quantitative estimate of drug-likeness (QED) is 0.804. The molecular formula is C13H18N2O2. The number of amides is 1. The number of nitrogens with zero attached hydrogens (tertiary/aromatic N) is 1. The Morgan fingerprint density at radius 3 is 2.94 bits per heavy atom. The van der Waals surface area contributed by atoms with Gasteiger partial charge in [-0.3, -0.25) is 4.79 Å². The maximum atomic E-state index is 12.2. The molecule has 17 heavy (non-hydrogen) atoms. The summed E-state index contributed by atoms with van der Waals surface area (Å²) in [5.41, 5.74) is 5.76. The normalized spacial score (nSPS) is 22.9. The first kappa shape index (κ1) is 11.9. The Labute approximate surface area is 101 Å². The zero-order valence-electron chi connectivity index (χ0n) is 10.0. The molecule has 0 spiro atoms. The molecule has 0 saturated carbocycles. The van der Waals surface area contributed by atoms with E-state index < -0.39 is 0 Å². The number of furan rings is 1. The second-order valence-corrected chi connectivity index (χ2v) is 4.32. The van der Waals surface area contributed by atoms with Gasteiger partial charge in [0.25, 0.3) is 0 Å². The van der Waals surface area contributed by atoms with Crippen LogP contribution in [0.5, 0.6) is 0 Å². The predicted octanol–water partition coefficient (Wildman–Crippen LogP) is 1.53. The average Bonchev–Trinajstić information content (AvgIpc) is 2.96. The van der Waals surface area contributed by atoms with Gasteiger partial charge >= 0.3 is 0 Å². The van der Waals surface area contributed by atoms with Crippen molar-refractivity contribution in [2.45, 2.75) is 25.9 Å². The average molecular weight is 234 g/mol. The smallest absolute Gasteiger partial charge is 0.229 e. The van der Waals surface area contributed by atoms with Gasteiger partial charge in [-0.1, -0.05) is 12.2 Å². The number of carbonyl (C=O) groups is 1. The van der Waals surface area contributed by atoms with Crippen LogP contribution < -0.4 is 5.73 Å². The van der Waals surface area contributed by atoms with Crippen LogP contribution >= 0.6 is 0 Å². The highest BCUT2D eigenvalue weighted by atomic mass is 16.3. The fourth-order valence-electron chi connectivity index (χ4n) is 2.08. The van der Waals surface area contributed by atoms with Crippen molar-refractivity contribution in [2.24, 2.45) is 11.7 Å². The van der Waals surface area contributed by atoms with Crippen LogP contribution in [0.1, 0.15) is 19.1 Å². The van der Waals surface area contributed by atoms with Crippen molar-refractivity contribution in [1.82, 2.24) is 4.90 Å². The standard InChI is InChI=1S/C13H18N2O2/c1-2-15(9-12-4-3-7-17-12)13(16)10-5-6-11(14)8-10/h3-7,10-11H,2,8-9,14H2,1H3. The molecule has 1 amide bonds. The molecular weight excluding hydrogens is 216 g/mol. The predicted molar refractivity (Wildman–Crippen MR) is 65.0 cm³/mol. The van der Waals surface area contributed by atoms with Crippen molar-refractivity contribution < 1.29 is 9.21 Å². The van der Waals surface area contributed by atoms with Crippen LogP contribution in [0, 0.1) is 5.92 Å². The first-order valence-corrected chi connectivity index (χ1v) is 5.95. The van der Waals surface area contributed by atoms with E-state index in [-0.39, 0.29) is 17.9 Å². The molecule has 0 bridgehead atoms. The summed E-state index contributed by atoms with van der Waals surface area (Å²) < 4.78 is 5.26. The third kappa shape index (κ3) is 2.77. The van der Waals surface area contributed by atoms with E-state index in [9.17, 15) is 4.79 Å². The molecule has 0 radical (unpaired) electrons. The highest BCUT2D eigenvalue weighted by Gasteiger charge is 2.26. The Morgan fingerprint density at radius 1 is 1.59 bits per heavy atom. The van der Waals surface area contributed by atoms with Crippen molar-refractivity contribution in [3.05, 3.63) is 36.3 Å². The van der Waals surface area contributed by atoms with Crippen LogP contribution in [-0.4, -0.2) is 23.4 Å². The molecule has 2 unspecified atom stereocenters. The summed E-state index contributed by atoms with van der Waals surface area (Å²) in [7, 11) is 0. The van der Waals surface area contributed by atoms with E-state index in [2.05, 4.69) is 0 Å². The van der Waals surface area contributed by atoms with Crippen LogP contribution in [0.25, 0.3) is 0 Å². The van der Waals surface area contributed by atoms with Crippen LogP contribution in [0.2, 0.25) is 0 Å². The Morgan fingerprint density at radius 2 is 2.41 bits per heavy atom. The minimum atomic E-state index is -0.0695. The van der Waals surface area contributed by atoms with Gasteiger partial charge in [-0.2, -0.15) is 0 Å². The highest BCUT2D eigenvalue weighted by molar-refractivity contribution is 5.81. The van der Waals surface area contributed by atoms with E-state index in [1.165, 1.54) is 0 Å². The lowest BCUT2D eigenvalue weighted by atomic mass is 10.1. The summed E-state index contributed by atoms with van der Waals surface area (Å²) in [6.07, 6.45) is 6.16. The third-order valence-electron chi connectivity index (χ3n) is 3.05. The van der Waals surface area contributed by atoms with Crippen LogP contribution in [-0.2, 0) is 11.3 Å². The van der Waals surface area contributed by atoms with Gasteiger partial charge < -0.3 is 15.1 Å². The number of rotatable bonds is 4. The molecule has 1 heterocycles. The first-order chi connectivity index (χ1) is 8.20. The lowest BCUT2D eigenvalue weighted by Gasteiger charge is -2.22. The second kappa shape index (κ2) is 5.19. The molecule has 2 N–H and O–H groups in total.